The number of hydrogen-bond donors (Lipinski definition) is 1. The monoisotopic (exact) mass is 360 g/mol. The van der Waals surface area contributed by atoms with Crippen molar-refractivity contribution in [1.82, 2.24) is 14.7 Å². The largest absolute Gasteiger partial charge is 0.345 e. The highest BCUT2D eigenvalue weighted by Gasteiger charge is 2.19. The third kappa shape index (κ3) is 4.69. The molecule has 1 heterocycles. The first-order chi connectivity index (χ1) is 12.2. The minimum atomic E-state index is -0.285. The lowest BCUT2D eigenvalue weighted by atomic mass is 10.0. The second-order valence-electron chi connectivity index (χ2n) is 7.23. The lowest BCUT2D eigenvalue weighted by molar-refractivity contribution is -0.129. The second kappa shape index (κ2) is 8.45. The molecule has 6 heteroatoms. The molecule has 26 heavy (non-hydrogen) atoms. The topological polar surface area (TPSA) is 64.2 Å². The van der Waals surface area contributed by atoms with Crippen LogP contribution in [0.1, 0.15) is 37.2 Å². The number of aryl methyl sites for hydroxylation is 1. The Morgan fingerprint density at radius 3 is 2.46 bits per heavy atom. The summed E-state index contributed by atoms with van der Waals surface area (Å²) in [5, 5.41) is 4.52. The van der Waals surface area contributed by atoms with Crippen molar-refractivity contribution in [3.05, 3.63) is 47.0 Å². The van der Waals surface area contributed by atoms with E-state index in [1.807, 2.05) is 20.9 Å². The fraction of sp³-hybridized carbons (Fsp3) is 0.500. The molecule has 0 bridgehead atoms. The smallest absolute Gasteiger partial charge is 0.226 e. The molecule has 0 aliphatic heterocycles. The van der Waals surface area contributed by atoms with Gasteiger partial charge in [0.2, 0.25) is 5.91 Å². The van der Waals surface area contributed by atoms with Gasteiger partial charge in [0.15, 0.2) is 0 Å². The molecule has 0 fully saturated rings. The Bertz CT molecular complexity index is 752. The zero-order chi connectivity index (χ0) is 19.4. The number of hydrogen-bond acceptors (Lipinski definition) is 3. The van der Waals surface area contributed by atoms with Gasteiger partial charge in [0.25, 0.3) is 0 Å². The molecule has 2 rings (SSSR count). The fourth-order valence-electron chi connectivity index (χ4n) is 2.85. The highest BCUT2D eigenvalue weighted by Crippen LogP contribution is 2.19. The molecule has 2 aromatic rings. The van der Waals surface area contributed by atoms with Crippen LogP contribution >= 0.6 is 0 Å². The van der Waals surface area contributed by atoms with Gasteiger partial charge < -0.3 is 10.6 Å². The zero-order valence-corrected chi connectivity index (χ0v) is 16.3. The first-order valence-electron chi connectivity index (χ1n) is 9.01. The number of rotatable bonds is 7. The lowest BCUT2D eigenvalue weighted by Crippen LogP contribution is -2.35. The summed E-state index contributed by atoms with van der Waals surface area (Å²) in [6.45, 7) is 8.64. The molecule has 2 N–H and O–H groups in total. The van der Waals surface area contributed by atoms with Crippen LogP contribution in [-0.2, 0) is 11.2 Å². The molecule has 0 spiro atoms. The number of amides is 1. The molecule has 1 unspecified atom stereocenters. The van der Waals surface area contributed by atoms with E-state index in [2.05, 4.69) is 18.9 Å². The Hall–Kier alpha value is -2.21. The molecule has 0 saturated carbocycles. The van der Waals surface area contributed by atoms with Gasteiger partial charge in [0, 0.05) is 30.9 Å². The molecule has 0 aliphatic carbocycles. The number of carbonyl (C=O) groups excluding carboxylic acids is 1. The summed E-state index contributed by atoms with van der Waals surface area (Å²) < 4.78 is 14.9. The Morgan fingerprint density at radius 2 is 1.88 bits per heavy atom. The van der Waals surface area contributed by atoms with Gasteiger partial charge in [-0.15, -0.1) is 0 Å². The summed E-state index contributed by atoms with van der Waals surface area (Å²) in [6, 6.07) is 6.26. The minimum Gasteiger partial charge on any atom is -0.345 e. The van der Waals surface area contributed by atoms with Crippen molar-refractivity contribution in [2.24, 2.45) is 11.7 Å². The summed E-state index contributed by atoms with van der Waals surface area (Å²) in [5.74, 6) is 0.162. The Balaban J connectivity index is 2.09. The van der Waals surface area contributed by atoms with Crippen LogP contribution in [0, 0.1) is 25.6 Å². The minimum absolute atomic E-state index is 0.0470. The fourth-order valence-corrected chi connectivity index (χ4v) is 2.85. The van der Waals surface area contributed by atoms with Crippen LogP contribution in [0.15, 0.2) is 24.3 Å². The molecule has 5 nitrogen and oxygen atoms in total. The molecule has 0 aliphatic rings. The summed E-state index contributed by atoms with van der Waals surface area (Å²) in [5.41, 5.74) is 9.47. The highest BCUT2D eigenvalue weighted by atomic mass is 19.1. The number of benzene rings is 1. The quantitative estimate of drug-likeness (QED) is 0.825. The standard InChI is InChI=1S/C20H29FN4O/c1-13(2)19(22)10-11-24(5)20(26)12-18-14(3)23-25(15(18)4)17-8-6-16(21)7-9-17/h6-9,13,19H,10-12,22H2,1-5H3. The van der Waals surface area contributed by atoms with E-state index in [0.29, 0.717) is 18.9 Å². The van der Waals surface area contributed by atoms with Crippen LogP contribution in [0.5, 0.6) is 0 Å². The summed E-state index contributed by atoms with van der Waals surface area (Å²) in [6.07, 6.45) is 1.08. The highest BCUT2D eigenvalue weighted by molar-refractivity contribution is 5.79. The van der Waals surface area contributed by atoms with E-state index in [-0.39, 0.29) is 17.8 Å². The third-order valence-corrected chi connectivity index (χ3v) is 4.92. The number of halogens is 1. The second-order valence-corrected chi connectivity index (χ2v) is 7.23. The SMILES string of the molecule is Cc1nn(-c2ccc(F)cc2)c(C)c1CC(=O)N(C)CCC(N)C(C)C. The number of nitrogens with zero attached hydrogens (tertiary/aromatic N) is 3. The van der Waals surface area contributed by atoms with E-state index in [0.717, 1.165) is 29.1 Å². The van der Waals surface area contributed by atoms with Gasteiger partial charge in [-0.1, -0.05) is 13.8 Å². The van der Waals surface area contributed by atoms with Crippen LogP contribution in [-0.4, -0.2) is 40.2 Å². The summed E-state index contributed by atoms with van der Waals surface area (Å²) >= 11 is 0. The van der Waals surface area contributed by atoms with Gasteiger partial charge in [-0.05, 0) is 50.5 Å². The third-order valence-electron chi connectivity index (χ3n) is 4.92. The molecule has 1 atom stereocenters. The summed E-state index contributed by atoms with van der Waals surface area (Å²) in [7, 11) is 1.81. The van der Waals surface area contributed by atoms with Gasteiger partial charge in [0.05, 0.1) is 17.8 Å². The maximum absolute atomic E-state index is 13.1. The normalized spacial score (nSPS) is 12.5. The molecular weight excluding hydrogens is 331 g/mol. The van der Waals surface area contributed by atoms with Crippen molar-refractivity contribution in [3.63, 3.8) is 0 Å². The van der Waals surface area contributed by atoms with Gasteiger partial charge in [-0.25, -0.2) is 9.07 Å². The predicted molar refractivity (Wildman–Crippen MR) is 102 cm³/mol. The van der Waals surface area contributed by atoms with E-state index in [1.54, 1.807) is 21.7 Å². The van der Waals surface area contributed by atoms with Crippen LogP contribution in [0.4, 0.5) is 4.39 Å². The van der Waals surface area contributed by atoms with Gasteiger partial charge in [0.1, 0.15) is 5.82 Å². The number of aromatic nitrogens is 2. The van der Waals surface area contributed by atoms with Crippen LogP contribution in [0.2, 0.25) is 0 Å². The Morgan fingerprint density at radius 1 is 1.27 bits per heavy atom. The van der Waals surface area contributed by atoms with E-state index in [1.165, 1.54) is 12.1 Å². The predicted octanol–water partition coefficient (Wildman–Crippen LogP) is 3.00. The number of likely N-dealkylation sites (N-methyl/N-ethyl adjacent to an activating group) is 1. The molecule has 0 radical (unpaired) electrons. The maximum Gasteiger partial charge on any atom is 0.226 e. The van der Waals surface area contributed by atoms with Crippen molar-refractivity contribution in [1.29, 1.82) is 0 Å². The molecule has 1 amide bonds. The zero-order valence-electron chi connectivity index (χ0n) is 16.3. The first kappa shape index (κ1) is 20.1. The van der Waals surface area contributed by atoms with Crippen molar-refractivity contribution in [2.75, 3.05) is 13.6 Å². The van der Waals surface area contributed by atoms with E-state index in [4.69, 9.17) is 5.73 Å². The van der Waals surface area contributed by atoms with Crippen LogP contribution in [0.3, 0.4) is 0 Å². The number of nitrogens with two attached hydrogens (primary N) is 1. The van der Waals surface area contributed by atoms with Gasteiger partial charge >= 0.3 is 0 Å². The average molecular weight is 360 g/mol. The molecular formula is C20H29FN4O. The van der Waals surface area contributed by atoms with Crippen molar-refractivity contribution in [3.8, 4) is 5.69 Å². The van der Waals surface area contributed by atoms with E-state index >= 15 is 0 Å². The van der Waals surface area contributed by atoms with Crippen LogP contribution in [0.25, 0.3) is 5.69 Å². The van der Waals surface area contributed by atoms with Crippen LogP contribution < -0.4 is 5.73 Å². The van der Waals surface area contributed by atoms with Crippen molar-refractivity contribution < 1.29 is 9.18 Å². The first-order valence-corrected chi connectivity index (χ1v) is 9.01. The maximum atomic E-state index is 13.1. The van der Waals surface area contributed by atoms with Crippen molar-refractivity contribution in [2.45, 2.75) is 46.6 Å². The number of carbonyl (C=O) groups is 1. The van der Waals surface area contributed by atoms with Gasteiger partial charge in [-0.2, -0.15) is 5.10 Å². The van der Waals surface area contributed by atoms with Gasteiger partial charge in [-0.3, -0.25) is 4.79 Å². The van der Waals surface area contributed by atoms with E-state index < -0.39 is 0 Å². The molecule has 142 valence electrons. The Kier molecular flexibility index (Phi) is 6.53. The average Bonchev–Trinajstić information content (AvgIpc) is 2.87. The van der Waals surface area contributed by atoms with E-state index in [9.17, 15) is 9.18 Å². The molecule has 0 saturated heterocycles. The molecule has 1 aromatic carbocycles. The summed E-state index contributed by atoms with van der Waals surface area (Å²) in [4.78, 5) is 14.3. The Labute approximate surface area is 155 Å². The molecule has 1 aromatic heterocycles. The lowest BCUT2D eigenvalue weighted by Gasteiger charge is -2.21. The van der Waals surface area contributed by atoms with Crippen molar-refractivity contribution >= 4 is 5.91 Å².